The highest BCUT2D eigenvalue weighted by molar-refractivity contribution is 5.98. The van der Waals surface area contributed by atoms with Crippen molar-refractivity contribution in [2.45, 2.75) is 44.9 Å². The lowest BCUT2D eigenvalue weighted by molar-refractivity contribution is -0.116. The molecule has 1 aromatic carbocycles. The number of hydrogen-bond donors (Lipinski definition) is 3. The Morgan fingerprint density at radius 1 is 1.24 bits per heavy atom. The molecular formula is C16H23N3O2. The van der Waals surface area contributed by atoms with Crippen molar-refractivity contribution in [3.05, 3.63) is 29.8 Å². The third-order valence-electron chi connectivity index (χ3n) is 4.08. The van der Waals surface area contributed by atoms with E-state index >= 15 is 0 Å². The van der Waals surface area contributed by atoms with Crippen LogP contribution in [-0.4, -0.2) is 17.0 Å². The van der Waals surface area contributed by atoms with Crippen molar-refractivity contribution in [3.63, 3.8) is 0 Å². The Bertz CT molecular complexity index is 491. The third-order valence-corrected chi connectivity index (χ3v) is 4.08. The highest BCUT2D eigenvalue weighted by Crippen LogP contribution is 2.27. The molecule has 0 spiro atoms. The minimum absolute atomic E-state index is 0.0529. The summed E-state index contributed by atoms with van der Waals surface area (Å²) in [5.74, 6) is 0.828. The molecule has 0 radical (unpaired) electrons. The first-order valence-corrected chi connectivity index (χ1v) is 7.57. The van der Waals surface area contributed by atoms with E-state index in [2.05, 4.69) is 10.5 Å². The first-order chi connectivity index (χ1) is 10.2. The lowest BCUT2D eigenvalue weighted by Crippen LogP contribution is -2.15. The van der Waals surface area contributed by atoms with Gasteiger partial charge in [0.15, 0.2) is 5.84 Å². The van der Waals surface area contributed by atoms with Crippen molar-refractivity contribution in [3.8, 4) is 0 Å². The molecule has 5 heteroatoms. The number of carbonyl (C=O) groups is 1. The van der Waals surface area contributed by atoms with E-state index < -0.39 is 0 Å². The molecule has 1 aromatic rings. The average Bonchev–Trinajstić information content (AvgIpc) is 2.54. The van der Waals surface area contributed by atoms with Crippen molar-refractivity contribution in [1.29, 1.82) is 0 Å². The predicted molar refractivity (Wildman–Crippen MR) is 83.4 cm³/mol. The molecular weight excluding hydrogens is 266 g/mol. The predicted octanol–water partition coefficient (Wildman–Crippen LogP) is 3.08. The van der Waals surface area contributed by atoms with Crippen molar-refractivity contribution < 1.29 is 10.0 Å². The molecule has 2 rings (SSSR count). The van der Waals surface area contributed by atoms with Gasteiger partial charge in [0.05, 0.1) is 0 Å². The van der Waals surface area contributed by atoms with E-state index in [1.54, 1.807) is 24.3 Å². The lowest BCUT2D eigenvalue weighted by atomic mass is 9.86. The molecule has 114 valence electrons. The maximum absolute atomic E-state index is 11.9. The number of oxime groups is 1. The first-order valence-electron chi connectivity index (χ1n) is 7.57. The largest absolute Gasteiger partial charge is 0.409 e. The van der Waals surface area contributed by atoms with Crippen LogP contribution >= 0.6 is 0 Å². The standard InChI is InChI=1S/C16H23N3O2/c17-16(19-21)13-7-9-14(10-8-13)18-15(20)11-6-12-4-2-1-3-5-12/h7-10,12,21H,1-6,11H2,(H2,17,19)(H,18,20). The highest BCUT2D eigenvalue weighted by atomic mass is 16.4. The molecule has 1 amide bonds. The molecule has 0 heterocycles. The van der Waals surface area contributed by atoms with Gasteiger partial charge in [-0.3, -0.25) is 4.79 Å². The number of carbonyl (C=O) groups excluding carboxylic acids is 1. The Morgan fingerprint density at radius 2 is 1.90 bits per heavy atom. The zero-order valence-corrected chi connectivity index (χ0v) is 12.2. The normalized spacial score (nSPS) is 16.7. The number of nitrogens with one attached hydrogen (secondary N) is 1. The number of nitrogens with zero attached hydrogens (tertiary/aromatic N) is 1. The van der Waals surface area contributed by atoms with E-state index in [1.807, 2.05) is 0 Å². The number of amidine groups is 1. The number of nitrogens with two attached hydrogens (primary N) is 1. The summed E-state index contributed by atoms with van der Waals surface area (Å²) < 4.78 is 0. The fourth-order valence-corrected chi connectivity index (χ4v) is 2.82. The van der Waals surface area contributed by atoms with Gasteiger partial charge in [-0.1, -0.05) is 37.3 Å². The number of benzene rings is 1. The molecule has 21 heavy (non-hydrogen) atoms. The van der Waals surface area contributed by atoms with E-state index in [9.17, 15) is 4.79 Å². The maximum atomic E-state index is 11.9. The summed E-state index contributed by atoms with van der Waals surface area (Å²) in [6.45, 7) is 0. The van der Waals surface area contributed by atoms with Crippen LogP contribution in [0.25, 0.3) is 0 Å². The van der Waals surface area contributed by atoms with Gasteiger partial charge in [0.2, 0.25) is 5.91 Å². The molecule has 1 fully saturated rings. The second-order valence-corrected chi connectivity index (χ2v) is 5.65. The zero-order valence-electron chi connectivity index (χ0n) is 12.2. The summed E-state index contributed by atoms with van der Waals surface area (Å²) in [4.78, 5) is 11.9. The van der Waals surface area contributed by atoms with Gasteiger partial charge in [-0.25, -0.2) is 0 Å². The van der Waals surface area contributed by atoms with Gasteiger partial charge in [0, 0.05) is 17.7 Å². The van der Waals surface area contributed by atoms with Gasteiger partial charge < -0.3 is 16.3 Å². The Hall–Kier alpha value is -2.04. The second kappa shape index (κ2) is 7.67. The molecule has 5 nitrogen and oxygen atoms in total. The number of anilines is 1. The highest BCUT2D eigenvalue weighted by Gasteiger charge is 2.14. The van der Waals surface area contributed by atoms with Crippen LogP contribution in [0.4, 0.5) is 5.69 Å². The van der Waals surface area contributed by atoms with Crippen LogP contribution in [0.1, 0.15) is 50.5 Å². The van der Waals surface area contributed by atoms with Crippen LogP contribution in [0, 0.1) is 5.92 Å². The van der Waals surface area contributed by atoms with Crippen LogP contribution in [-0.2, 0) is 4.79 Å². The molecule has 0 unspecified atom stereocenters. The van der Waals surface area contributed by atoms with Gasteiger partial charge >= 0.3 is 0 Å². The minimum atomic E-state index is 0.0529. The van der Waals surface area contributed by atoms with Gasteiger partial charge in [-0.05, 0) is 36.6 Å². The number of amides is 1. The maximum Gasteiger partial charge on any atom is 0.224 e. The van der Waals surface area contributed by atoms with Gasteiger partial charge in [-0.15, -0.1) is 0 Å². The Labute approximate surface area is 125 Å². The molecule has 4 N–H and O–H groups in total. The van der Waals surface area contributed by atoms with E-state index in [0.29, 0.717) is 17.9 Å². The average molecular weight is 289 g/mol. The zero-order chi connectivity index (χ0) is 15.1. The smallest absolute Gasteiger partial charge is 0.224 e. The van der Waals surface area contributed by atoms with Crippen molar-refractivity contribution in [1.82, 2.24) is 0 Å². The van der Waals surface area contributed by atoms with Crippen LogP contribution in [0.3, 0.4) is 0 Å². The molecule has 0 saturated heterocycles. The summed E-state index contributed by atoms with van der Waals surface area (Å²) in [7, 11) is 0. The molecule has 0 aromatic heterocycles. The summed E-state index contributed by atoms with van der Waals surface area (Å²) in [5.41, 5.74) is 6.85. The summed E-state index contributed by atoms with van der Waals surface area (Å²) in [5, 5.41) is 14.4. The summed E-state index contributed by atoms with van der Waals surface area (Å²) >= 11 is 0. The molecule has 1 aliphatic carbocycles. The van der Waals surface area contributed by atoms with Crippen LogP contribution in [0.5, 0.6) is 0 Å². The topological polar surface area (TPSA) is 87.7 Å². The van der Waals surface area contributed by atoms with E-state index in [-0.39, 0.29) is 11.7 Å². The van der Waals surface area contributed by atoms with E-state index in [0.717, 1.165) is 12.1 Å². The van der Waals surface area contributed by atoms with Crippen molar-refractivity contribution in [2.75, 3.05) is 5.32 Å². The monoisotopic (exact) mass is 289 g/mol. The third kappa shape index (κ3) is 4.77. The van der Waals surface area contributed by atoms with E-state index in [4.69, 9.17) is 10.9 Å². The Kier molecular flexibility index (Phi) is 5.60. The Morgan fingerprint density at radius 3 is 2.52 bits per heavy atom. The summed E-state index contributed by atoms with van der Waals surface area (Å²) in [6, 6.07) is 6.94. The fourth-order valence-electron chi connectivity index (χ4n) is 2.82. The van der Waals surface area contributed by atoms with Gasteiger partial charge in [-0.2, -0.15) is 0 Å². The molecule has 1 aliphatic rings. The fraction of sp³-hybridized carbons (Fsp3) is 0.500. The van der Waals surface area contributed by atoms with Gasteiger partial charge in [0.25, 0.3) is 0 Å². The molecule has 0 atom stereocenters. The van der Waals surface area contributed by atoms with Crippen molar-refractivity contribution >= 4 is 17.4 Å². The van der Waals surface area contributed by atoms with Crippen LogP contribution in [0.2, 0.25) is 0 Å². The second-order valence-electron chi connectivity index (χ2n) is 5.65. The SMILES string of the molecule is N/C(=N/O)c1ccc(NC(=O)CCC2CCCCC2)cc1. The number of rotatable bonds is 5. The Balaban J connectivity index is 1.79. The number of hydrogen-bond acceptors (Lipinski definition) is 3. The minimum Gasteiger partial charge on any atom is -0.409 e. The molecule has 0 bridgehead atoms. The lowest BCUT2D eigenvalue weighted by Gasteiger charge is -2.21. The van der Waals surface area contributed by atoms with Gasteiger partial charge in [0.1, 0.15) is 0 Å². The van der Waals surface area contributed by atoms with Crippen LogP contribution in [0.15, 0.2) is 29.4 Å². The quantitative estimate of drug-likeness (QED) is 0.337. The molecule has 0 aliphatic heterocycles. The molecule has 1 saturated carbocycles. The summed E-state index contributed by atoms with van der Waals surface area (Å²) in [6.07, 6.45) is 8.04. The van der Waals surface area contributed by atoms with E-state index in [1.165, 1.54) is 32.1 Å². The van der Waals surface area contributed by atoms with Crippen LogP contribution < -0.4 is 11.1 Å². The first kappa shape index (κ1) is 15.4. The van der Waals surface area contributed by atoms with Crippen molar-refractivity contribution in [2.24, 2.45) is 16.8 Å².